The third kappa shape index (κ3) is 5.35. The maximum absolute atomic E-state index is 12.4. The van der Waals surface area contributed by atoms with Crippen molar-refractivity contribution in [3.63, 3.8) is 0 Å². The van der Waals surface area contributed by atoms with Crippen LogP contribution >= 0.6 is 0 Å². The second kappa shape index (κ2) is 9.40. The van der Waals surface area contributed by atoms with E-state index >= 15 is 0 Å². The van der Waals surface area contributed by atoms with Gasteiger partial charge in [0.1, 0.15) is 0 Å². The lowest BCUT2D eigenvalue weighted by Crippen LogP contribution is -2.22. The maximum atomic E-state index is 12.4. The Balaban J connectivity index is 2.05. The number of nitrogens with one attached hydrogen (secondary N) is 1. The largest absolute Gasteiger partial charge is 0.452 e. The molecule has 28 heavy (non-hydrogen) atoms. The Labute approximate surface area is 167 Å². The quantitative estimate of drug-likeness (QED) is 0.699. The monoisotopic (exact) mass is 382 g/mol. The Morgan fingerprint density at radius 1 is 0.929 bits per heavy atom. The predicted molar refractivity (Wildman–Crippen MR) is 114 cm³/mol. The molecule has 0 bridgehead atoms. The van der Waals surface area contributed by atoms with E-state index in [0.717, 1.165) is 22.5 Å². The summed E-state index contributed by atoms with van der Waals surface area (Å²) in [5, 5.41) is 2.95. The second-order valence-electron chi connectivity index (χ2n) is 7.69. The number of para-hydroxylation sites is 1. The number of amides is 1. The van der Waals surface area contributed by atoms with Gasteiger partial charge in [-0.1, -0.05) is 45.9 Å². The number of nitrogens with zero attached hydrogens (tertiary/aromatic N) is 1. The van der Waals surface area contributed by atoms with Gasteiger partial charge in [0.15, 0.2) is 6.61 Å². The van der Waals surface area contributed by atoms with Crippen LogP contribution in [0.3, 0.4) is 0 Å². The van der Waals surface area contributed by atoms with Gasteiger partial charge in [0.05, 0.1) is 5.56 Å². The van der Waals surface area contributed by atoms with Gasteiger partial charge in [-0.05, 0) is 47.2 Å². The normalized spacial score (nSPS) is 10.9. The molecule has 0 aliphatic carbocycles. The number of rotatable bonds is 7. The summed E-state index contributed by atoms with van der Waals surface area (Å²) in [7, 11) is 3.86. The molecule has 2 rings (SSSR count). The molecule has 0 fully saturated rings. The lowest BCUT2D eigenvalue weighted by atomic mass is 9.92. The molecule has 150 valence electrons. The fraction of sp³-hybridized carbons (Fsp3) is 0.391. The van der Waals surface area contributed by atoms with Crippen LogP contribution in [0.5, 0.6) is 0 Å². The minimum Gasteiger partial charge on any atom is -0.452 e. The summed E-state index contributed by atoms with van der Waals surface area (Å²) < 4.78 is 5.20. The number of esters is 1. The molecule has 0 aromatic heterocycles. The molecule has 0 aliphatic rings. The molecule has 0 unspecified atom stereocenters. The van der Waals surface area contributed by atoms with Crippen LogP contribution in [-0.4, -0.2) is 32.6 Å². The number of anilines is 2. The molecular weight excluding hydrogens is 352 g/mol. The molecule has 0 saturated heterocycles. The zero-order valence-electron chi connectivity index (χ0n) is 17.6. The van der Waals surface area contributed by atoms with Gasteiger partial charge in [-0.2, -0.15) is 0 Å². The smallest absolute Gasteiger partial charge is 0.338 e. The van der Waals surface area contributed by atoms with Crippen LogP contribution in [0.15, 0.2) is 42.5 Å². The molecular formula is C23H30N2O3. The van der Waals surface area contributed by atoms with Crippen molar-refractivity contribution in [3.8, 4) is 0 Å². The number of hydrogen-bond acceptors (Lipinski definition) is 4. The van der Waals surface area contributed by atoms with Crippen molar-refractivity contribution < 1.29 is 14.3 Å². The van der Waals surface area contributed by atoms with Gasteiger partial charge in [-0.3, -0.25) is 4.79 Å². The third-order valence-corrected chi connectivity index (χ3v) is 4.59. The van der Waals surface area contributed by atoms with Gasteiger partial charge >= 0.3 is 5.97 Å². The highest BCUT2D eigenvalue weighted by atomic mass is 16.5. The summed E-state index contributed by atoms with van der Waals surface area (Å²) >= 11 is 0. The second-order valence-corrected chi connectivity index (χ2v) is 7.69. The van der Waals surface area contributed by atoms with E-state index in [1.807, 2.05) is 49.3 Å². The molecule has 0 aliphatic heterocycles. The fourth-order valence-electron chi connectivity index (χ4n) is 2.98. The number of benzene rings is 2. The van der Waals surface area contributed by atoms with E-state index in [4.69, 9.17) is 4.74 Å². The first kappa shape index (κ1) is 21.5. The molecule has 0 spiro atoms. The van der Waals surface area contributed by atoms with Crippen LogP contribution in [0, 0.1) is 0 Å². The van der Waals surface area contributed by atoms with E-state index < -0.39 is 5.97 Å². The summed E-state index contributed by atoms with van der Waals surface area (Å²) in [4.78, 5) is 26.6. The Morgan fingerprint density at radius 2 is 1.46 bits per heavy atom. The average molecular weight is 383 g/mol. The Bertz CT molecular complexity index is 798. The standard InChI is InChI=1S/C23H30N2O3/c1-15(2)19-8-7-9-20(16(3)4)22(19)24-21(26)14-28-23(27)17-10-12-18(13-11-17)25(5)6/h7-13,15-16H,14H2,1-6H3,(H,24,26). The molecule has 0 saturated carbocycles. The summed E-state index contributed by atoms with van der Waals surface area (Å²) in [6.07, 6.45) is 0. The van der Waals surface area contributed by atoms with E-state index in [1.54, 1.807) is 12.1 Å². The topological polar surface area (TPSA) is 58.6 Å². The van der Waals surface area contributed by atoms with Crippen LogP contribution in [-0.2, 0) is 9.53 Å². The van der Waals surface area contributed by atoms with Crippen molar-refractivity contribution in [2.75, 3.05) is 30.9 Å². The van der Waals surface area contributed by atoms with Gasteiger partial charge in [0.2, 0.25) is 0 Å². The predicted octanol–water partition coefficient (Wildman–Crippen LogP) is 4.79. The van der Waals surface area contributed by atoms with Gasteiger partial charge in [-0.15, -0.1) is 0 Å². The molecule has 0 radical (unpaired) electrons. The van der Waals surface area contributed by atoms with Crippen LogP contribution in [0.4, 0.5) is 11.4 Å². The van der Waals surface area contributed by atoms with Crippen molar-refractivity contribution >= 4 is 23.3 Å². The summed E-state index contributed by atoms with van der Waals surface area (Å²) in [6.45, 7) is 8.04. The molecule has 2 aromatic rings. The van der Waals surface area contributed by atoms with Gasteiger partial charge in [0.25, 0.3) is 5.91 Å². The van der Waals surface area contributed by atoms with E-state index in [-0.39, 0.29) is 24.3 Å². The average Bonchev–Trinajstić information content (AvgIpc) is 2.65. The van der Waals surface area contributed by atoms with Crippen molar-refractivity contribution in [1.82, 2.24) is 0 Å². The number of carbonyl (C=O) groups excluding carboxylic acids is 2. The Hall–Kier alpha value is -2.82. The van der Waals surface area contributed by atoms with Crippen LogP contribution in [0.25, 0.3) is 0 Å². The number of hydrogen-bond donors (Lipinski definition) is 1. The molecule has 5 heteroatoms. The summed E-state index contributed by atoms with van der Waals surface area (Å²) in [6, 6.07) is 13.1. The number of ether oxygens (including phenoxy) is 1. The minimum absolute atomic E-state index is 0.270. The molecule has 1 N–H and O–H groups in total. The summed E-state index contributed by atoms with van der Waals surface area (Å²) in [5.74, 6) is -0.312. The molecule has 0 heterocycles. The minimum atomic E-state index is -0.512. The van der Waals surface area contributed by atoms with Crippen LogP contribution < -0.4 is 10.2 Å². The SMILES string of the molecule is CC(C)c1cccc(C(C)C)c1NC(=O)COC(=O)c1ccc(N(C)C)cc1. The lowest BCUT2D eigenvalue weighted by molar-refractivity contribution is -0.119. The van der Waals surface area contributed by atoms with Crippen molar-refractivity contribution in [3.05, 3.63) is 59.2 Å². The highest BCUT2D eigenvalue weighted by molar-refractivity contribution is 5.96. The van der Waals surface area contributed by atoms with Crippen molar-refractivity contribution in [2.24, 2.45) is 0 Å². The summed E-state index contributed by atoms with van der Waals surface area (Å²) in [5.41, 5.74) is 4.38. The molecule has 5 nitrogen and oxygen atoms in total. The van der Waals surface area contributed by atoms with E-state index in [0.29, 0.717) is 5.56 Å². The maximum Gasteiger partial charge on any atom is 0.338 e. The van der Waals surface area contributed by atoms with E-state index in [9.17, 15) is 9.59 Å². The third-order valence-electron chi connectivity index (χ3n) is 4.59. The molecule has 2 aromatic carbocycles. The first-order valence-electron chi connectivity index (χ1n) is 9.57. The van der Waals surface area contributed by atoms with Gasteiger partial charge in [0, 0.05) is 25.5 Å². The van der Waals surface area contributed by atoms with Crippen molar-refractivity contribution in [2.45, 2.75) is 39.5 Å². The molecule has 0 atom stereocenters. The fourth-order valence-corrected chi connectivity index (χ4v) is 2.98. The number of carbonyl (C=O) groups is 2. The molecule has 1 amide bonds. The van der Waals surface area contributed by atoms with Crippen molar-refractivity contribution in [1.29, 1.82) is 0 Å². The zero-order valence-corrected chi connectivity index (χ0v) is 17.6. The van der Waals surface area contributed by atoms with E-state index in [2.05, 4.69) is 33.0 Å². The Kier molecular flexibility index (Phi) is 7.21. The Morgan fingerprint density at radius 3 is 1.93 bits per heavy atom. The first-order chi connectivity index (χ1) is 13.2. The zero-order chi connectivity index (χ0) is 20.8. The highest BCUT2D eigenvalue weighted by Gasteiger charge is 2.17. The van der Waals surface area contributed by atoms with E-state index in [1.165, 1.54) is 0 Å². The van der Waals surface area contributed by atoms with Gasteiger partial charge < -0.3 is 15.0 Å². The highest BCUT2D eigenvalue weighted by Crippen LogP contribution is 2.32. The van der Waals surface area contributed by atoms with Crippen LogP contribution in [0.2, 0.25) is 0 Å². The van der Waals surface area contributed by atoms with Crippen LogP contribution in [0.1, 0.15) is 61.0 Å². The lowest BCUT2D eigenvalue weighted by Gasteiger charge is -2.20. The van der Waals surface area contributed by atoms with Gasteiger partial charge in [-0.25, -0.2) is 4.79 Å². The first-order valence-corrected chi connectivity index (χ1v) is 9.57.